The lowest BCUT2D eigenvalue weighted by Gasteiger charge is -2.36. The number of benzene rings is 2. The van der Waals surface area contributed by atoms with Gasteiger partial charge in [-0.1, -0.05) is 11.6 Å². The summed E-state index contributed by atoms with van der Waals surface area (Å²) in [6.45, 7) is 1.97. The summed E-state index contributed by atoms with van der Waals surface area (Å²) in [5, 5.41) is 13.0. The topological polar surface area (TPSA) is 91.9 Å². The quantitative estimate of drug-likeness (QED) is 0.380. The maximum Gasteiger partial charge on any atom is 0.357 e. The smallest absolute Gasteiger partial charge is 0.357 e. The van der Waals surface area contributed by atoms with Gasteiger partial charge in [0.25, 0.3) is 5.91 Å². The molecule has 0 unspecified atom stereocenters. The van der Waals surface area contributed by atoms with E-state index < -0.39 is 22.0 Å². The molecule has 0 bridgehead atoms. The SMILES string of the molecule is CN(C)CCn1c(=O)c([N+](=O)[O-])c(N2CCN(C(=O)c3ccc(F)cc3)CC2)c2cc(Cl)ccc21. The molecule has 1 aliphatic heterocycles. The van der Waals surface area contributed by atoms with Gasteiger partial charge in [-0.2, -0.15) is 0 Å². The van der Waals surface area contributed by atoms with Crippen LogP contribution in [0.5, 0.6) is 0 Å². The summed E-state index contributed by atoms with van der Waals surface area (Å²) < 4.78 is 14.6. The minimum absolute atomic E-state index is 0.215. The van der Waals surface area contributed by atoms with Crippen molar-refractivity contribution in [2.75, 3.05) is 51.7 Å². The van der Waals surface area contributed by atoms with Gasteiger partial charge in [-0.25, -0.2) is 4.39 Å². The number of nitrogens with zero attached hydrogens (tertiary/aromatic N) is 5. The van der Waals surface area contributed by atoms with E-state index in [1.807, 2.05) is 19.0 Å². The van der Waals surface area contributed by atoms with Gasteiger partial charge in [0, 0.05) is 55.2 Å². The van der Waals surface area contributed by atoms with E-state index in [1.54, 1.807) is 28.0 Å². The van der Waals surface area contributed by atoms with Gasteiger partial charge < -0.3 is 19.3 Å². The van der Waals surface area contributed by atoms with Crippen molar-refractivity contribution in [2.45, 2.75) is 6.54 Å². The third kappa shape index (κ3) is 4.98. The van der Waals surface area contributed by atoms with Crippen molar-refractivity contribution in [2.24, 2.45) is 0 Å². The number of fused-ring (bicyclic) bond motifs is 1. The van der Waals surface area contributed by atoms with Crippen LogP contribution in [0.3, 0.4) is 0 Å². The zero-order valence-electron chi connectivity index (χ0n) is 19.4. The molecule has 11 heteroatoms. The fourth-order valence-corrected chi connectivity index (χ4v) is 4.49. The molecule has 1 aliphatic rings. The number of pyridine rings is 1. The number of piperazine rings is 1. The van der Waals surface area contributed by atoms with Crippen LogP contribution in [-0.4, -0.2) is 72.0 Å². The molecule has 35 heavy (non-hydrogen) atoms. The molecule has 9 nitrogen and oxygen atoms in total. The standard InChI is InChI=1S/C24H25ClFN5O4/c1-27(2)9-14-30-20-8-5-17(25)15-19(20)21(22(24(30)33)31(34)35)28-10-12-29(13-11-28)23(32)16-3-6-18(26)7-4-16/h3-8,15H,9-14H2,1-2H3. The number of carbonyl (C=O) groups is 1. The van der Waals surface area contributed by atoms with Crippen molar-refractivity contribution in [3.05, 3.63) is 79.3 Å². The summed E-state index contributed by atoms with van der Waals surface area (Å²) >= 11 is 6.26. The Morgan fingerprint density at radius 1 is 1.11 bits per heavy atom. The summed E-state index contributed by atoms with van der Waals surface area (Å²) in [6, 6.07) is 10.3. The Kier molecular flexibility index (Phi) is 7.04. The van der Waals surface area contributed by atoms with Crippen LogP contribution in [0.25, 0.3) is 10.9 Å². The zero-order chi connectivity index (χ0) is 25.3. The van der Waals surface area contributed by atoms with Crippen LogP contribution >= 0.6 is 11.6 Å². The molecule has 0 aliphatic carbocycles. The number of rotatable bonds is 6. The molecular weight excluding hydrogens is 477 g/mol. The van der Waals surface area contributed by atoms with Crippen LogP contribution in [0.1, 0.15) is 10.4 Å². The fraction of sp³-hybridized carbons (Fsp3) is 0.333. The maximum absolute atomic E-state index is 13.3. The van der Waals surface area contributed by atoms with Gasteiger partial charge in [-0.05, 0) is 56.6 Å². The highest BCUT2D eigenvalue weighted by atomic mass is 35.5. The number of anilines is 1. The van der Waals surface area contributed by atoms with E-state index >= 15 is 0 Å². The van der Waals surface area contributed by atoms with Crippen LogP contribution in [0.15, 0.2) is 47.3 Å². The highest BCUT2D eigenvalue weighted by Gasteiger charge is 2.32. The van der Waals surface area contributed by atoms with E-state index in [4.69, 9.17) is 11.6 Å². The van der Waals surface area contributed by atoms with Gasteiger partial charge in [0.1, 0.15) is 11.5 Å². The molecule has 0 N–H and O–H groups in total. The van der Waals surface area contributed by atoms with Crippen molar-refractivity contribution in [3.63, 3.8) is 0 Å². The monoisotopic (exact) mass is 501 g/mol. The summed E-state index contributed by atoms with van der Waals surface area (Å²) in [5.41, 5.74) is -0.0333. The summed E-state index contributed by atoms with van der Waals surface area (Å²) in [6.07, 6.45) is 0. The van der Waals surface area contributed by atoms with E-state index in [0.717, 1.165) is 0 Å². The van der Waals surface area contributed by atoms with Crippen LogP contribution in [-0.2, 0) is 6.54 Å². The Morgan fingerprint density at radius 2 is 1.77 bits per heavy atom. The second-order valence-electron chi connectivity index (χ2n) is 8.66. The van der Waals surface area contributed by atoms with Gasteiger partial charge in [-0.15, -0.1) is 0 Å². The first-order valence-corrected chi connectivity index (χ1v) is 11.5. The van der Waals surface area contributed by atoms with Crippen LogP contribution in [0.4, 0.5) is 15.8 Å². The summed E-state index contributed by atoms with van der Waals surface area (Å²) in [5.74, 6) is -0.671. The molecule has 184 valence electrons. The van der Waals surface area contributed by atoms with Gasteiger partial charge in [-0.3, -0.25) is 19.7 Å². The number of hydrogen-bond acceptors (Lipinski definition) is 6. The van der Waals surface area contributed by atoms with Crippen LogP contribution in [0.2, 0.25) is 5.02 Å². The van der Waals surface area contributed by atoms with E-state index in [1.165, 1.54) is 28.8 Å². The van der Waals surface area contributed by atoms with Crippen molar-refractivity contribution in [3.8, 4) is 0 Å². The molecule has 1 saturated heterocycles. The molecule has 0 saturated carbocycles. The maximum atomic E-state index is 13.3. The third-order valence-electron chi connectivity index (χ3n) is 6.10. The predicted molar refractivity (Wildman–Crippen MR) is 133 cm³/mol. The molecule has 1 aromatic heterocycles. The fourth-order valence-electron chi connectivity index (χ4n) is 4.31. The van der Waals surface area contributed by atoms with Gasteiger partial charge in [0.15, 0.2) is 0 Å². The number of aromatic nitrogens is 1. The number of hydrogen-bond donors (Lipinski definition) is 0. The number of likely N-dealkylation sites (N-methyl/N-ethyl adjacent to an activating group) is 1. The highest BCUT2D eigenvalue weighted by Crippen LogP contribution is 2.35. The first-order chi connectivity index (χ1) is 16.7. The zero-order valence-corrected chi connectivity index (χ0v) is 20.2. The Labute approximate surface area is 206 Å². The Morgan fingerprint density at radius 3 is 2.37 bits per heavy atom. The average Bonchev–Trinajstić information content (AvgIpc) is 2.82. The van der Waals surface area contributed by atoms with Gasteiger partial charge >= 0.3 is 11.2 Å². The van der Waals surface area contributed by atoms with Crippen molar-refractivity contribution in [1.82, 2.24) is 14.4 Å². The lowest BCUT2D eigenvalue weighted by atomic mass is 10.1. The molecule has 2 heterocycles. The molecule has 3 aromatic rings. The second-order valence-corrected chi connectivity index (χ2v) is 9.10. The number of halogens is 2. The molecule has 0 spiro atoms. The molecule has 1 fully saturated rings. The van der Waals surface area contributed by atoms with E-state index in [9.17, 15) is 24.1 Å². The molecule has 1 amide bonds. The Bertz CT molecular complexity index is 1330. The predicted octanol–water partition coefficient (Wildman–Crippen LogP) is 3.23. The minimum Gasteiger partial charge on any atom is -0.362 e. The molecular formula is C24H25ClFN5O4. The molecule has 0 radical (unpaired) electrons. The number of carbonyl (C=O) groups excluding carboxylic acids is 1. The van der Waals surface area contributed by atoms with Crippen molar-refractivity contribution in [1.29, 1.82) is 0 Å². The largest absolute Gasteiger partial charge is 0.362 e. The second kappa shape index (κ2) is 10.0. The number of amides is 1. The van der Waals surface area contributed by atoms with Gasteiger partial charge in [0.05, 0.1) is 10.4 Å². The first kappa shape index (κ1) is 24.6. The van der Waals surface area contributed by atoms with Gasteiger partial charge in [0.2, 0.25) is 0 Å². The van der Waals surface area contributed by atoms with Crippen molar-refractivity contribution < 1.29 is 14.1 Å². The van der Waals surface area contributed by atoms with Crippen LogP contribution < -0.4 is 10.5 Å². The first-order valence-electron chi connectivity index (χ1n) is 11.1. The van der Waals surface area contributed by atoms with Crippen LogP contribution in [0, 0.1) is 15.9 Å². The summed E-state index contributed by atoms with van der Waals surface area (Å²) in [4.78, 5) is 42.9. The lowest BCUT2D eigenvalue weighted by Crippen LogP contribution is -2.49. The van der Waals surface area contributed by atoms with E-state index in [-0.39, 0.29) is 31.2 Å². The summed E-state index contributed by atoms with van der Waals surface area (Å²) in [7, 11) is 3.72. The molecule has 2 aromatic carbocycles. The molecule has 0 atom stereocenters. The van der Waals surface area contributed by atoms with E-state index in [0.29, 0.717) is 41.1 Å². The molecule has 4 rings (SSSR count). The normalized spacial score (nSPS) is 14.1. The highest BCUT2D eigenvalue weighted by molar-refractivity contribution is 6.31. The minimum atomic E-state index is -0.675. The number of nitro groups is 1. The lowest BCUT2D eigenvalue weighted by molar-refractivity contribution is -0.385. The third-order valence-corrected chi connectivity index (χ3v) is 6.34. The average molecular weight is 502 g/mol. The van der Waals surface area contributed by atoms with Crippen molar-refractivity contribution >= 4 is 39.8 Å². The Balaban J connectivity index is 1.72. The van der Waals surface area contributed by atoms with E-state index in [2.05, 4.69) is 0 Å². The Hall–Kier alpha value is -3.50.